The Morgan fingerprint density at radius 2 is 1.96 bits per heavy atom. The molecule has 1 aliphatic carbocycles. The van der Waals surface area contributed by atoms with E-state index in [2.05, 4.69) is 34.6 Å². The Kier molecular flexibility index (Phi) is 6.47. The lowest BCUT2D eigenvalue weighted by Crippen LogP contribution is -2.30. The first-order valence-corrected chi connectivity index (χ1v) is 9.71. The molecule has 2 aromatic carbocycles. The zero-order valence-corrected chi connectivity index (χ0v) is 16.1. The number of nitrogens with zero attached hydrogens (tertiary/aromatic N) is 2. The summed E-state index contributed by atoms with van der Waals surface area (Å²) in [6.07, 6.45) is 2.84. The number of hydrogen-bond acceptors (Lipinski definition) is 5. The molecule has 0 aliphatic heterocycles. The van der Waals surface area contributed by atoms with Crippen LogP contribution in [0.4, 0.5) is 17.1 Å². The normalized spacial score (nSPS) is 13.0. The Hall–Kier alpha value is -3.09. The molecule has 148 valence electrons. The van der Waals surface area contributed by atoms with Crippen LogP contribution < -0.4 is 15.5 Å². The monoisotopic (exact) mass is 382 g/mol. The van der Waals surface area contributed by atoms with Crippen molar-refractivity contribution in [3.05, 3.63) is 64.2 Å². The van der Waals surface area contributed by atoms with Crippen molar-refractivity contribution in [1.29, 1.82) is 0 Å². The summed E-state index contributed by atoms with van der Waals surface area (Å²) in [5.41, 5.74) is 1.89. The molecule has 0 atom stereocenters. The van der Waals surface area contributed by atoms with Gasteiger partial charge >= 0.3 is 0 Å². The quantitative estimate of drug-likeness (QED) is 0.371. The zero-order valence-electron chi connectivity index (χ0n) is 16.1. The highest BCUT2D eigenvalue weighted by molar-refractivity contribution is 5.95. The molecule has 0 aromatic heterocycles. The van der Waals surface area contributed by atoms with E-state index in [1.807, 2.05) is 18.2 Å². The number of nitro groups is 1. The number of nitrogens with one attached hydrogen (secondary N) is 2. The highest BCUT2D eigenvalue weighted by atomic mass is 16.6. The third-order valence-electron chi connectivity index (χ3n) is 4.79. The van der Waals surface area contributed by atoms with Crippen LogP contribution in [0.15, 0.2) is 48.5 Å². The van der Waals surface area contributed by atoms with Gasteiger partial charge in [0.05, 0.1) is 4.92 Å². The van der Waals surface area contributed by atoms with Gasteiger partial charge in [-0.2, -0.15) is 0 Å². The largest absolute Gasteiger partial charge is 0.377 e. The number of rotatable bonds is 10. The van der Waals surface area contributed by atoms with E-state index in [0.29, 0.717) is 23.8 Å². The average molecular weight is 382 g/mol. The van der Waals surface area contributed by atoms with Crippen molar-refractivity contribution in [2.45, 2.75) is 32.2 Å². The standard InChI is InChI=1S/C21H26N4O3/c1-2-24(18-7-4-3-5-8-18)14-6-13-22-21(26)16-9-12-19(23-17-10-11-17)20(15-16)25(27)28/h3-5,7-9,12,15,17,23H,2,6,10-11,13-14H2,1H3,(H,22,26). The topological polar surface area (TPSA) is 87.5 Å². The Morgan fingerprint density at radius 3 is 2.61 bits per heavy atom. The maximum absolute atomic E-state index is 12.4. The maximum Gasteiger partial charge on any atom is 0.293 e. The molecule has 28 heavy (non-hydrogen) atoms. The molecule has 0 bridgehead atoms. The van der Waals surface area contributed by atoms with Gasteiger partial charge < -0.3 is 15.5 Å². The van der Waals surface area contributed by atoms with Gasteiger partial charge in [-0.25, -0.2) is 0 Å². The lowest BCUT2D eigenvalue weighted by molar-refractivity contribution is -0.384. The van der Waals surface area contributed by atoms with Crippen LogP contribution in [0, 0.1) is 10.1 Å². The van der Waals surface area contributed by atoms with E-state index in [4.69, 9.17) is 0 Å². The number of carbonyl (C=O) groups is 1. The second kappa shape index (κ2) is 9.21. The molecule has 0 unspecified atom stereocenters. The average Bonchev–Trinajstić information content (AvgIpc) is 3.52. The predicted octanol–water partition coefficient (Wildman–Crippen LogP) is 3.82. The Bertz CT molecular complexity index is 822. The first kappa shape index (κ1) is 19.7. The smallest absolute Gasteiger partial charge is 0.293 e. The summed E-state index contributed by atoms with van der Waals surface area (Å²) in [7, 11) is 0. The van der Waals surface area contributed by atoms with Gasteiger partial charge in [0.15, 0.2) is 0 Å². The first-order chi connectivity index (χ1) is 13.6. The van der Waals surface area contributed by atoms with Crippen LogP contribution in [0.3, 0.4) is 0 Å². The fraction of sp³-hybridized carbons (Fsp3) is 0.381. The molecule has 2 aromatic rings. The Balaban J connectivity index is 1.53. The summed E-state index contributed by atoms with van der Waals surface area (Å²) >= 11 is 0. The van der Waals surface area contributed by atoms with Crippen LogP contribution >= 0.6 is 0 Å². The number of anilines is 2. The molecule has 7 nitrogen and oxygen atoms in total. The third kappa shape index (κ3) is 5.22. The van der Waals surface area contributed by atoms with Crippen molar-refractivity contribution in [2.75, 3.05) is 29.9 Å². The molecule has 1 saturated carbocycles. The number of carbonyl (C=O) groups excluding carboxylic acids is 1. The number of hydrogen-bond donors (Lipinski definition) is 2. The highest BCUT2D eigenvalue weighted by Crippen LogP contribution is 2.31. The fourth-order valence-corrected chi connectivity index (χ4v) is 3.08. The van der Waals surface area contributed by atoms with E-state index < -0.39 is 4.92 Å². The van der Waals surface area contributed by atoms with Gasteiger partial charge in [0.1, 0.15) is 5.69 Å². The predicted molar refractivity (Wildman–Crippen MR) is 111 cm³/mol. The summed E-state index contributed by atoms with van der Waals surface area (Å²) in [5.74, 6) is -0.288. The molecule has 1 fully saturated rings. The van der Waals surface area contributed by atoms with Gasteiger partial charge in [-0.15, -0.1) is 0 Å². The van der Waals surface area contributed by atoms with Gasteiger partial charge in [-0.1, -0.05) is 18.2 Å². The summed E-state index contributed by atoms with van der Waals surface area (Å²) in [4.78, 5) is 25.5. The van der Waals surface area contributed by atoms with Crippen molar-refractivity contribution in [1.82, 2.24) is 5.32 Å². The molecule has 7 heteroatoms. The van der Waals surface area contributed by atoms with Crippen molar-refractivity contribution in [2.24, 2.45) is 0 Å². The van der Waals surface area contributed by atoms with E-state index in [0.717, 1.165) is 38.0 Å². The molecule has 2 N–H and O–H groups in total. The summed E-state index contributed by atoms with van der Waals surface area (Å²) in [6.45, 7) is 4.32. The van der Waals surface area contributed by atoms with Crippen LogP contribution in [0.2, 0.25) is 0 Å². The minimum absolute atomic E-state index is 0.0548. The van der Waals surface area contributed by atoms with Crippen molar-refractivity contribution in [3.63, 3.8) is 0 Å². The van der Waals surface area contributed by atoms with Crippen LogP contribution in [0.25, 0.3) is 0 Å². The number of amides is 1. The van der Waals surface area contributed by atoms with E-state index in [1.54, 1.807) is 12.1 Å². The van der Waals surface area contributed by atoms with Gasteiger partial charge in [-0.05, 0) is 50.5 Å². The molecule has 0 heterocycles. The molecular formula is C21H26N4O3. The number of nitro benzene ring substituents is 1. The van der Waals surface area contributed by atoms with Gasteiger partial charge in [0.2, 0.25) is 0 Å². The van der Waals surface area contributed by atoms with Crippen LogP contribution in [0.1, 0.15) is 36.5 Å². The first-order valence-electron chi connectivity index (χ1n) is 9.71. The zero-order chi connectivity index (χ0) is 19.9. The van der Waals surface area contributed by atoms with Crippen LogP contribution in [0.5, 0.6) is 0 Å². The van der Waals surface area contributed by atoms with Crippen molar-refractivity contribution < 1.29 is 9.72 Å². The second-order valence-corrected chi connectivity index (χ2v) is 6.93. The van der Waals surface area contributed by atoms with E-state index in [9.17, 15) is 14.9 Å². The summed E-state index contributed by atoms with van der Waals surface area (Å²) < 4.78 is 0. The van der Waals surface area contributed by atoms with E-state index in [-0.39, 0.29) is 11.6 Å². The molecule has 0 spiro atoms. The minimum Gasteiger partial charge on any atom is -0.377 e. The fourth-order valence-electron chi connectivity index (χ4n) is 3.08. The van der Waals surface area contributed by atoms with Crippen LogP contribution in [-0.2, 0) is 0 Å². The van der Waals surface area contributed by atoms with E-state index in [1.165, 1.54) is 6.07 Å². The van der Waals surface area contributed by atoms with Gasteiger partial charge in [0.25, 0.3) is 11.6 Å². The van der Waals surface area contributed by atoms with Crippen molar-refractivity contribution >= 4 is 23.0 Å². The summed E-state index contributed by atoms with van der Waals surface area (Å²) in [5, 5.41) is 17.3. The molecule has 0 saturated heterocycles. The molecular weight excluding hydrogens is 356 g/mol. The van der Waals surface area contributed by atoms with E-state index >= 15 is 0 Å². The summed E-state index contributed by atoms with van der Waals surface area (Å²) in [6, 6.07) is 15.1. The minimum atomic E-state index is -0.444. The lowest BCUT2D eigenvalue weighted by Gasteiger charge is -2.23. The number of para-hydroxylation sites is 1. The van der Waals surface area contributed by atoms with Crippen molar-refractivity contribution in [3.8, 4) is 0 Å². The molecule has 1 amide bonds. The molecule has 0 radical (unpaired) electrons. The molecule has 3 rings (SSSR count). The molecule has 1 aliphatic rings. The Morgan fingerprint density at radius 1 is 1.21 bits per heavy atom. The van der Waals surface area contributed by atoms with Gasteiger partial charge in [-0.3, -0.25) is 14.9 Å². The van der Waals surface area contributed by atoms with Crippen LogP contribution in [-0.4, -0.2) is 36.5 Å². The third-order valence-corrected chi connectivity index (χ3v) is 4.79. The van der Waals surface area contributed by atoms with Gasteiger partial charge in [0, 0.05) is 43.0 Å². The Labute approximate surface area is 164 Å². The lowest BCUT2D eigenvalue weighted by atomic mass is 10.1. The SMILES string of the molecule is CCN(CCCNC(=O)c1ccc(NC2CC2)c([N+](=O)[O-])c1)c1ccccc1. The number of benzene rings is 2. The second-order valence-electron chi connectivity index (χ2n) is 6.93. The maximum atomic E-state index is 12.4. The highest BCUT2D eigenvalue weighted by Gasteiger charge is 2.25.